The molecule has 8 heteroatoms. The fourth-order valence-electron chi connectivity index (χ4n) is 3.82. The molecule has 0 amide bonds. The number of ether oxygens (including phenoxy) is 2. The van der Waals surface area contributed by atoms with Gasteiger partial charge in [-0.05, 0) is 44.9 Å². The second kappa shape index (κ2) is 21.2. The molecule has 0 bridgehead atoms. The van der Waals surface area contributed by atoms with Crippen molar-refractivity contribution in [3.8, 4) is 0 Å². The lowest BCUT2D eigenvalue weighted by atomic mass is 10.0. The Morgan fingerprint density at radius 2 is 1.56 bits per heavy atom. The van der Waals surface area contributed by atoms with Crippen LogP contribution in [0.1, 0.15) is 104 Å². The predicted octanol–water partition coefficient (Wildman–Crippen LogP) is 5.02. The van der Waals surface area contributed by atoms with Gasteiger partial charge in [0, 0.05) is 12.8 Å². The highest BCUT2D eigenvalue weighted by atomic mass is 16.6. The standard InChI is InChI=1S/C28H51NO7/c1-5-7-14-19-25(24(30)18-15-12-10-8-9-11-13-16-20-26(31)32)36-28(34)23-29(3,4)21-22-35-27(33)17-6-2/h12,15,24-25,30H,5-11,13-14,16-23H2,1-4H3/p+1/b15-12-. The van der Waals surface area contributed by atoms with E-state index in [1.165, 1.54) is 0 Å². The number of unbranched alkanes of at least 4 members (excludes halogenated alkanes) is 7. The van der Waals surface area contributed by atoms with Gasteiger partial charge in [0.05, 0.1) is 20.2 Å². The summed E-state index contributed by atoms with van der Waals surface area (Å²) in [5.41, 5.74) is 0. The molecule has 0 aliphatic carbocycles. The summed E-state index contributed by atoms with van der Waals surface area (Å²) >= 11 is 0. The Hall–Kier alpha value is -1.93. The van der Waals surface area contributed by atoms with Crippen LogP contribution in [0.25, 0.3) is 0 Å². The van der Waals surface area contributed by atoms with Gasteiger partial charge in [-0.2, -0.15) is 0 Å². The summed E-state index contributed by atoms with van der Waals surface area (Å²) in [6, 6.07) is 0. The Morgan fingerprint density at radius 1 is 0.861 bits per heavy atom. The molecule has 2 N–H and O–H groups in total. The zero-order valence-corrected chi connectivity index (χ0v) is 23.2. The minimum atomic E-state index is -0.747. The molecule has 2 atom stereocenters. The number of likely N-dealkylation sites (N-methyl/N-ethyl adjacent to an activating group) is 1. The van der Waals surface area contributed by atoms with Crippen molar-refractivity contribution in [2.24, 2.45) is 0 Å². The molecule has 8 nitrogen and oxygen atoms in total. The second-order valence-corrected chi connectivity index (χ2v) is 10.3. The van der Waals surface area contributed by atoms with E-state index in [1.54, 1.807) is 0 Å². The maximum atomic E-state index is 12.7. The van der Waals surface area contributed by atoms with Gasteiger partial charge in [-0.15, -0.1) is 0 Å². The minimum absolute atomic E-state index is 0.143. The Labute approximate surface area is 218 Å². The molecular formula is C28H52NO7+. The summed E-state index contributed by atoms with van der Waals surface area (Å²) in [7, 11) is 3.79. The van der Waals surface area contributed by atoms with E-state index in [0.29, 0.717) is 30.3 Å². The van der Waals surface area contributed by atoms with Crippen molar-refractivity contribution in [2.75, 3.05) is 33.8 Å². The van der Waals surface area contributed by atoms with Crippen LogP contribution in [-0.2, 0) is 23.9 Å². The number of carbonyl (C=O) groups is 3. The van der Waals surface area contributed by atoms with Crippen LogP contribution in [0.15, 0.2) is 12.2 Å². The van der Waals surface area contributed by atoms with E-state index in [9.17, 15) is 19.5 Å². The number of aliphatic carboxylic acids is 1. The van der Waals surface area contributed by atoms with Gasteiger partial charge in [0.15, 0.2) is 6.54 Å². The summed E-state index contributed by atoms with van der Waals surface area (Å²) in [6.07, 6.45) is 13.9. The molecule has 0 fully saturated rings. The first-order chi connectivity index (χ1) is 17.1. The largest absolute Gasteiger partial charge is 0.481 e. The number of nitrogens with zero attached hydrogens (tertiary/aromatic N) is 1. The highest BCUT2D eigenvalue weighted by Gasteiger charge is 2.27. The van der Waals surface area contributed by atoms with Gasteiger partial charge in [0.1, 0.15) is 19.3 Å². The van der Waals surface area contributed by atoms with E-state index in [2.05, 4.69) is 13.0 Å². The maximum Gasteiger partial charge on any atom is 0.362 e. The first-order valence-electron chi connectivity index (χ1n) is 13.8. The van der Waals surface area contributed by atoms with Crippen molar-refractivity contribution in [2.45, 2.75) is 116 Å². The van der Waals surface area contributed by atoms with Crippen LogP contribution < -0.4 is 0 Å². The molecule has 0 saturated heterocycles. The average Bonchev–Trinajstić information content (AvgIpc) is 2.79. The molecule has 210 valence electrons. The molecule has 0 aromatic rings. The highest BCUT2D eigenvalue weighted by Crippen LogP contribution is 2.16. The Morgan fingerprint density at radius 3 is 2.22 bits per heavy atom. The number of rotatable bonds is 23. The topological polar surface area (TPSA) is 110 Å². The first-order valence-corrected chi connectivity index (χ1v) is 13.8. The van der Waals surface area contributed by atoms with Gasteiger partial charge in [0.25, 0.3) is 0 Å². The summed E-state index contributed by atoms with van der Waals surface area (Å²) in [5.74, 6) is -1.31. The predicted molar refractivity (Wildman–Crippen MR) is 141 cm³/mol. The second-order valence-electron chi connectivity index (χ2n) is 10.3. The van der Waals surface area contributed by atoms with Crippen molar-refractivity contribution < 1.29 is 38.6 Å². The van der Waals surface area contributed by atoms with Crippen LogP contribution in [0.5, 0.6) is 0 Å². The fraction of sp³-hybridized carbons (Fsp3) is 0.821. The summed E-state index contributed by atoms with van der Waals surface area (Å²) in [5, 5.41) is 19.4. The molecule has 0 aliphatic heterocycles. The van der Waals surface area contributed by atoms with Gasteiger partial charge >= 0.3 is 17.9 Å². The van der Waals surface area contributed by atoms with E-state index in [-0.39, 0.29) is 31.5 Å². The Bertz CT molecular complexity index is 633. The van der Waals surface area contributed by atoms with Crippen LogP contribution in [0.2, 0.25) is 0 Å². The number of aliphatic hydroxyl groups excluding tert-OH is 1. The lowest BCUT2D eigenvalue weighted by Gasteiger charge is -2.30. The van der Waals surface area contributed by atoms with E-state index in [4.69, 9.17) is 14.6 Å². The summed E-state index contributed by atoms with van der Waals surface area (Å²) in [6.45, 7) is 4.95. The summed E-state index contributed by atoms with van der Waals surface area (Å²) in [4.78, 5) is 34.7. The molecule has 0 spiro atoms. The molecule has 2 unspecified atom stereocenters. The van der Waals surface area contributed by atoms with Crippen molar-refractivity contribution >= 4 is 17.9 Å². The first kappa shape index (κ1) is 34.1. The molecule has 0 aromatic carbocycles. The SMILES string of the molecule is CCCCCC(OC(=O)C[N+](C)(C)CCOC(=O)CCC)C(O)C/C=C\CCCCCCCC(=O)O. The smallest absolute Gasteiger partial charge is 0.362 e. The number of hydrogen-bond acceptors (Lipinski definition) is 6. The molecule has 0 aliphatic rings. The van der Waals surface area contributed by atoms with Crippen LogP contribution in [0.4, 0.5) is 0 Å². The Kier molecular flexibility index (Phi) is 20.0. The number of carbonyl (C=O) groups excluding carboxylic acids is 2. The normalized spacial score (nSPS) is 13.5. The summed E-state index contributed by atoms with van der Waals surface area (Å²) < 4.78 is 11.3. The number of carboxylic acids is 1. The zero-order valence-electron chi connectivity index (χ0n) is 23.2. The number of hydrogen-bond donors (Lipinski definition) is 2. The van der Waals surface area contributed by atoms with Gasteiger partial charge < -0.3 is 24.2 Å². The molecule has 36 heavy (non-hydrogen) atoms. The molecule has 0 radical (unpaired) electrons. The number of allylic oxidation sites excluding steroid dienone is 1. The van der Waals surface area contributed by atoms with E-state index >= 15 is 0 Å². The molecule has 0 heterocycles. The van der Waals surface area contributed by atoms with E-state index in [0.717, 1.165) is 64.2 Å². The molecular weight excluding hydrogens is 462 g/mol. The molecule has 0 rings (SSSR count). The van der Waals surface area contributed by atoms with Gasteiger partial charge in [0.2, 0.25) is 0 Å². The number of quaternary nitrogens is 1. The van der Waals surface area contributed by atoms with Gasteiger partial charge in [-0.1, -0.05) is 58.1 Å². The maximum absolute atomic E-state index is 12.7. The number of esters is 2. The fourth-order valence-corrected chi connectivity index (χ4v) is 3.82. The zero-order chi connectivity index (χ0) is 27.2. The lowest BCUT2D eigenvalue weighted by Crippen LogP contribution is -2.48. The van der Waals surface area contributed by atoms with Crippen LogP contribution in [0.3, 0.4) is 0 Å². The van der Waals surface area contributed by atoms with E-state index in [1.807, 2.05) is 27.1 Å². The van der Waals surface area contributed by atoms with E-state index < -0.39 is 18.2 Å². The third-order valence-corrected chi connectivity index (χ3v) is 6.08. The van der Waals surface area contributed by atoms with Crippen molar-refractivity contribution in [1.82, 2.24) is 0 Å². The number of aliphatic hydroxyl groups is 1. The average molecular weight is 515 g/mol. The lowest BCUT2D eigenvalue weighted by molar-refractivity contribution is -0.883. The monoisotopic (exact) mass is 514 g/mol. The third kappa shape index (κ3) is 20.3. The van der Waals surface area contributed by atoms with Crippen LogP contribution in [0, 0.1) is 0 Å². The van der Waals surface area contributed by atoms with Crippen molar-refractivity contribution in [3.05, 3.63) is 12.2 Å². The third-order valence-electron chi connectivity index (χ3n) is 6.08. The highest BCUT2D eigenvalue weighted by molar-refractivity contribution is 5.71. The molecule has 0 saturated carbocycles. The number of carboxylic acid groups (broad SMARTS) is 1. The Balaban J connectivity index is 4.46. The van der Waals surface area contributed by atoms with Crippen LogP contribution in [-0.4, -0.2) is 78.6 Å². The van der Waals surface area contributed by atoms with Crippen molar-refractivity contribution in [3.63, 3.8) is 0 Å². The minimum Gasteiger partial charge on any atom is -0.481 e. The molecule has 0 aromatic heterocycles. The van der Waals surface area contributed by atoms with Crippen LogP contribution >= 0.6 is 0 Å². The van der Waals surface area contributed by atoms with Gasteiger partial charge in [-0.3, -0.25) is 9.59 Å². The quantitative estimate of drug-likeness (QED) is 0.0852. The van der Waals surface area contributed by atoms with Crippen molar-refractivity contribution in [1.29, 1.82) is 0 Å². The van der Waals surface area contributed by atoms with Gasteiger partial charge in [-0.25, -0.2) is 4.79 Å².